The number of hydrogen-bond donors (Lipinski definition) is 1. The highest BCUT2D eigenvalue weighted by Gasteiger charge is 2.23. The Kier molecular flexibility index (Phi) is 4.26. The first kappa shape index (κ1) is 14.5. The van der Waals surface area contributed by atoms with E-state index in [0.29, 0.717) is 6.04 Å². The molecule has 0 aromatic carbocycles. The van der Waals surface area contributed by atoms with Crippen LogP contribution in [0, 0.1) is 6.92 Å². The van der Waals surface area contributed by atoms with Gasteiger partial charge in [-0.1, -0.05) is 6.92 Å². The van der Waals surface area contributed by atoms with Crippen LogP contribution in [0.3, 0.4) is 0 Å². The average molecular weight is 306 g/mol. The van der Waals surface area contributed by atoms with Crippen molar-refractivity contribution < 1.29 is 4.74 Å². The van der Waals surface area contributed by atoms with Crippen LogP contribution in [0.4, 0.5) is 11.8 Å². The van der Waals surface area contributed by atoms with Gasteiger partial charge < -0.3 is 15.0 Å². The minimum Gasteiger partial charge on any atom is -0.377 e. The molecule has 6 heteroatoms. The molecule has 1 N–H and O–H groups in total. The monoisotopic (exact) mass is 306 g/mol. The maximum absolute atomic E-state index is 5.55. The van der Waals surface area contributed by atoms with Gasteiger partial charge in [0.25, 0.3) is 0 Å². The van der Waals surface area contributed by atoms with Crippen LogP contribution < -0.4 is 10.2 Å². The number of hydrogen-bond acceptors (Lipinski definition) is 6. The molecule has 0 amide bonds. The maximum Gasteiger partial charge on any atom is 0.226 e. The summed E-state index contributed by atoms with van der Waals surface area (Å²) in [5, 5.41) is 4.48. The van der Waals surface area contributed by atoms with Crippen molar-refractivity contribution in [3.8, 4) is 0 Å². The minimum absolute atomic E-state index is 0.344. The van der Waals surface area contributed by atoms with Crippen molar-refractivity contribution in [3.05, 3.63) is 10.9 Å². The zero-order valence-corrected chi connectivity index (χ0v) is 13.7. The summed E-state index contributed by atoms with van der Waals surface area (Å²) in [6, 6.07) is 2.54. The summed E-state index contributed by atoms with van der Waals surface area (Å²) < 4.78 is 5.55. The highest BCUT2D eigenvalue weighted by atomic mass is 32.1. The fraction of sp³-hybridized carbons (Fsp3) is 0.600. The van der Waals surface area contributed by atoms with E-state index in [4.69, 9.17) is 9.72 Å². The molecule has 1 atom stereocenters. The van der Waals surface area contributed by atoms with Crippen LogP contribution in [-0.4, -0.2) is 42.3 Å². The normalized spacial score (nSPS) is 19.2. The molecule has 1 aliphatic heterocycles. The standard InChI is InChI=1S/C15H22N4OS/c1-4-5-16-15-17-13(19-6-7-20-9-10(19)2)12-8-11(3)21-14(12)18-15/h8,10H,4-7,9H2,1-3H3,(H,16,17,18). The minimum atomic E-state index is 0.344. The molecule has 0 aliphatic carbocycles. The molecule has 0 saturated carbocycles. The molecule has 1 unspecified atom stereocenters. The first-order valence-electron chi connectivity index (χ1n) is 7.55. The van der Waals surface area contributed by atoms with Crippen molar-refractivity contribution in [2.45, 2.75) is 33.2 Å². The van der Waals surface area contributed by atoms with E-state index < -0.39 is 0 Å². The van der Waals surface area contributed by atoms with Gasteiger partial charge in [0.1, 0.15) is 10.6 Å². The van der Waals surface area contributed by atoms with Crippen molar-refractivity contribution in [1.29, 1.82) is 0 Å². The zero-order valence-electron chi connectivity index (χ0n) is 12.8. The van der Waals surface area contributed by atoms with Crippen molar-refractivity contribution in [2.24, 2.45) is 0 Å². The molecule has 1 fully saturated rings. The van der Waals surface area contributed by atoms with Gasteiger partial charge in [-0.05, 0) is 26.3 Å². The number of aromatic nitrogens is 2. The van der Waals surface area contributed by atoms with Gasteiger partial charge in [-0.25, -0.2) is 4.98 Å². The number of nitrogens with one attached hydrogen (secondary N) is 1. The van der Waals surface area contributed by atoms with Crippen molar-refractivity contribution in [3.63, 3.8) is 0 Å². The summed E-state index contributed by atoms with van der Waals surface area (Å²) >= 11 is 1.73. The first-order valence-corrected chi connectivity index (χ1v) is 8.37. The number of morpholine rings is 1. The summed E-state index contributed by atoms with van der Waals surface area (Å²) in [7, 11) is 0. The van der Waals surface area contributed by atoms with Crippen LogP contribution in [0.15, 0.2) is 6.07 Å². The predicted octanol–water partition coefficient (Wildman–Crippen LogP) is 3.05. The fourth-order valence-corrected chi connectivity index (χ4v) is 3.48. The number of aryl methyl sites for hydroxylation is 1. The lowest BCUT2D eigenvalue weighted by atomic mass is 10.2. The molecular formula is C15H22N4OS. The van der Waals surface area contributed by atoms with Gasteiger partial charge in [-0.3, -0.25) is 0 Å². The van der Waals surface area contributed by atoms with Gasteiger partial charge in [-0.2, -0.15) is 4.98 Å². The SMILES string of the molecule is CCCNc1nc(N2CCOCC2C)c2cc(C)sc2n1. The molecule has 1 aliphatic rings. The molecule has 2 aromatic rings. The molecule has 21 heavy (non-hydrogen) atoms. The topological polar surface area (TPSA) is 50.3 Å². The number of fused-ring (bicyclic) bond motifs is 1. The molecule has 0 radical (unpaired) electrons. The summed E-state index contributed by atoms with van der Waals surface area (Å²) in [6.45, 7) is 9.75. The van der Waals surface area contributed by atoms with Crippen LogP contribution in [-0.2, 0) is 4.74 Å². The van der Waals surface area contributed by atoms with Gasteiger partial charge in [0.2, 0.25) is 5.95 Å². The Balaban J connectivity index is 2.04. The van der Waals surface area contributed by atoms with Crippen LogP contribution in [0.5, 0.6) is 0 Å². The van der Waals surface area contributed by atoms with E-state index in [1.807, 2.05) is 0 Å². The van der Waals surface area contributed by atoms with Gasteiger partial charge in [0, 0.05) is 18.0 Å². The van der Waals surface area contributed by atoms with E-state index in [2.05, 4.69) is 42.0 Å². The van der Waals surface area contributed by atoms with Crippen LogP contribution in [0.1, 0.15) is 25.1 Å². The lowest BCUT2D eigenvalue weighted by molar-refractivity contribution is 0.0987. The van der Waals surface area contributed by atoms with E-state index in [0.717, 1.165) is 54.7 Å². The number of nitrogens with zero attached hydrogens (tertiary/aromatic N) is 3. The Labute approximate surface area is 129 Å². The molecule has 5 nitrogen and oxygen atoms in total. The summed E-state index contributed by atoms with van der Waals surface area (Å²) in [5.41, 5.74) is 0. The molecule has 2 aromatic heterocycles. The smallest absolute Gasteiger partial charge is 0.226 e. The first-order chi connectivity index (χ1) is 10.2. The second kappa shape index (κ2) is 6.15. The summed E-state index contributed by atoms with van der Waals surface area (Å²) in [5.74, 6) is 1.78. The quantitative estimate of drug-likeness (QED) is 0.941. The average Bonchev–Trinajstić information content (AvgIpc) is 2.85. The van der Waals surface area contributed by atoms with Crippen molar-refractivity contribution >= 4 is 33.3 Å². The number of anilines is 2. The Morgan fingerprint density at radius 2 is 2.33 bits per heavy atom. The van der Waals surface area contributed by atoms with Gasteiger partial charge >= 0.3 is 0 Å². The third-order valence-corrected chi connectivity index (χ3v) is 4.61. The second-order valence-electron chi connectivity index (χ2n) is 5.49. The van der Waals surface area contributed by atoms with Gasteiger partial charge in [0.05, 0.1) is 24.6 Å². The summed E-state index contributed by atoms with van der Waals surface area (Å²) in [4.78, 5) is 14.1. The molecule has 3 rings (SSSR count). The van der Waals surface area contributed by atoms with Gasteiger partial charge in [-0.15, -0.1) is 11.3 Å². The third-order valence-electron chi connectivity index (χ3n) is 3.67. The maximum atomic E-state index is 5.55. The lowest BCUT2D eigenvalue weighted by Crippen LogP contribution is -2.44. The fourth-order valence-electron chi connectivity index (χ4n) is 2.60. The predicted molar refractivity (Wildman–Crippen MR) is 88.6 cm³/mol. The molecule has 1 saturated heterocycles. The second-order valence-corrected chi connectivity index (χ2v) is 6.73. The molecular weight excluding hydrogens is 284 g/mol. The van der Waals surface area contributed by atoms with E-state index in [1.54, 1.807) is 11.3 Å². The Morgan fingerprint density at radius 1 is 1.48 bits per heavy atom. The van der Waals surface area contributed by atoms with E-state index in [9.17, 15) is 0 Å². The molecule has 0 spiro atoms. The zero-order chi connectivity index (χ0) is 14.8. The van der Waals surface area contributed by atoms with E-state index in [1.165, 1.54) is 4.88 Å². The van der Waals surface area contributed by atoms with Crippen LogP contribution >= 0.6 is 11.3 Å². The Hall–Kier alpha value is -1.40. The van der Waals surface area contributed by atoms with Crippen LogP contribution in [0.2, 0.25) is 0 Å². The lowest BCUT2D eigenvalue weighted by Gasteiger charge is -2.34. The number of thiophene rings is 1. The highest BCUT2D eigenvalue weighted by Crippen LogP contribution is 2.33. The van der Waals surface area contributed by atoms with Crippen molar-refractivity contribution in [2.75, 3.05) is 36.5 Å². The van der Waals surface area contributed by atoms with Crippen molar-refractivity contribution in [1.82, 2.24) is 9.97 Å². The molecule has 3 heterocycles. The molecule has 0 bridgehead atoms. The Bertz CT molecular complexity index is 627. The number of rotatable bonds is 4. The van der Waals surface area contributed by atoms with E-state index >= 15 is 0 Å². The van der Waals surface area contributed by atoms with E-state index in [-0.39, 0.29) is 0 Å². The van der Waals surface area contributed by atoms with Crippen LogP contribution in [0.25, 0.3) is 10.2 Å². The highest BCUT2D eigenvalue weighted by molar-refractivity contribution is 7.18. The van der Waals surface area contributed by atoms with Gasteiger partial charge in [0.15, 0.2) is 0 Å². The largest absolute Gasteiger partial charge is 0.377 e. The molecule has 114 valence electrons. The Morgan fingerprint density at radius 3 is 3.10 bits per heavy atom. The third kappa shape index (κ3) is 2.96. The summed E-state index contributed by atoms with van der Waals surface area (Å²) in [6.07, 6.45) is 1.06. The number of ether oxygens (including phenoxy) is 1.